The van der Waals surface area contributed by atoms with Crippen LogP contribution in [-0.2, 0) is 20.8 Å². The molecule has 7 nitrogen and oxygen atoms in total. The Bertz CT molecular complexity index is 719. The Morgan fingerprint density at radius 1 is 1.36 bits per heavy atom. The number of nitrogens with one attached hydrogen (secondary N) is 1. The van der Waals surface area contributed by atoms with Gasteiger partial charge in [0.1, 0.15) is 23.7 Å². The van der Waals surface area contributed by atoms with E-state index in [1.165, 1.54) is 10.4 Å². The number of hydrogen-bond acceptors (Lipinski definition) is 5. The van der Waals surface area contributed by atoms with Gasteiger partial charge in [0.15, 0.2) is 0 Å². The molecule has 1 aliphatic heterocycles. The Hall–Kier alpha value is -2.25. The molecule has 2 heterocycles. The maximum Gasteiger partial charge on any atom is 0.243 e. The van der Waals surface area contributed by atoms with Crippen molar-refractivity contribution in [1.29, 1.82) is 0 Å². The number of aromatic nitrogens is 3. The van der Waals surface area contributed by atoms with Crippen LogP contribution >= 0.6 is 0 Å². The fourth-order valence-electron chi connectivity index (χ4n) is 2.74. The Labute approximate surface area is 147 Å². The maximum atomic E-state index is 12.4. The molecule has 1 fully saturated rings. The number of hydrogen-bond donors (Lipinski definition) is 1. The van der Waals surface area contributed by atoms with Crippen LogP contribution in [0.3, 0.4) is 0 Å². The van der Waals surface area contributed by atoms with Gasteiger partial charge >= 0.3 is 0 Å². The van der Waals surface area contributed by atoms with Crippen molar-refractivity contribution < 1.29 is 14.3 Å². The standard InChI is InChI=1S/C18H24N4O3/c1-13(2)7-10-25-17-12-24-9-8-16(17)19-18(23)11-22-20-14-5-3-4-6-15(14)21-22/h3-7,16-17H,8-12H2,1-2H3,(H,19,23)/t16-,17-/m1/s1. The summed E-state index contributed by atoms with van der Waals surface area (Å²) >= 11 is 0. The van der Waals surface area contributed by atoms with E-state index in [9.17, 15) is 4.79 Å². The molecule has 134 valence electrons. The van der Waals surface area contributed by atoms with Crippen molar-refractivity contribution in [1.82, 2.24) is 20.3 Å². The molecule has 1 aromatic carbocycles. The monoisotopic (exact) mass is 344 g/mol. The van der Waals surface area contributed by atoms with Crippen molar-refractivity contribution in [2.45, 2.75) is 39.0 Å². The molecule has 1 saturated heterocycles. The van der Waals surface area contributed by atoms with Crippen LogP contribution in [-0.4, -0.2) is 52.9 Å². The van der Waals surface area contributed by atoms with E-state index in [0.29, 0.717) is 19.8 Å². The summed E-state index contributed by atoms with van der Waals surface area (Å²) in [5.41, 5.74) is 2.77. The predicted molar refractivity (Wildman–Crippen MR) is 94.1 cm³/mol. The van der Waals surface area contributed by atoms with Gasteiger partial charge in [-0.2, -0.15) is 15.0 Å². The average Bonchev–Trinajstić information content (AvgIpc) is 2.98. The summed E-state index contributed by atoms with van der Waals surface area (Å²) in [6.45, 7) is 5.78. The molecule has 7 heteroatoms. The predicted octanol–water partition coefficient (Wildman–Crippen LogP) is 1.69. The molecule has 0 bridgehead atoms. The molecule has 0 aliphatic carbocycles. The maximum absolute atomic E-state index is 12.4. The highest BCUT2D eigenvalue weighted by molar-refractivity contribution is 5.77. The van der Waals surface area contributed by atoms with Gasteiger partial charge in [-0.1, -0.05) is 23.8 Å². The minimum Gasteiger partial charge on any atom is -0.379 e. The second-order valence-corrected chi connectivity index (χ2v) is 6.41. The quantitative estimate of drug-likeness (QED) is 0.807. The Morgan fingerprint density at radius 2 is 2.08 bits per heavy atom. The Morgan fingerprint density at radius 3 is 2.76 bits per heavy atom. The van der Waals surface area contributed by atoms with Crippen molar-refractivity contribution >= 4 is 16.9 Å². The van der Waals surface area contributed by atoms with E-state index in [2.05, 4.69) is 15.5 Å². The van der Waals surface area contributed by atoms with E-state index in [-0.39, 0.29) is 24.6 Å². The second kappa shape index (κ2) is 8.22. The van der Waals surface area contributed by atoms with Gasteiger partial charge in [0, 0.05) is 6.61 Å². The van der Waals surface area contributed by atoms with Gasteiger partial charge < -0.3 is 14.8 Å². The largest absolute Gasteiger partial charge is 0.379 e. The lowest BCUT2D eigenvalue weighted by atomic mass is 10.1. The molecule has 3 rings (SSSR count). The van der Waals surface area contributed by atoms with Crippen LogP contribution in [0.2, 0.25) is 0 Å². The second-order valence-electron chi connectivity index (χ2n) is 6.41. The number of ether oxygens (including phenoxy) is 2. The summed E-state index contributed by atoms with van der Waals surface area (Å²) < 4.78 is 11.3. The van der Waals surface area contributed by atoms with E-state index in [1.54, 1.807) is 0 Å². The highest BCUT2D eigenvalue weighted by Gasteiger charge is 2.27. The van der Waals surface area contributed by atoms with Crippen LogP contribution in [0.4, 0.5) is 0 Å². The van der Waals surface area contributed by atoms with Gasteiger partial charge in [-0.05, 0) is 32.4 Å². The Balaban J connectivity index is 1.57. The topological polar surface area (TPSA) is 78.3 Å². The number of rotatable bonds is 6. The third kappa shape index (κ3) is 4.87. The molecule has 2 aromatic rings. The Kier molecular flexibility index (Phi) is 5.78. The lowest BCUT2D eigenvalue weighted by molar-refractivity contribution is -0.126. The zero-order valence-electron chi connectivity index (χ0n) is 14.6. The molecular formula is C18H24N4O3. The molecular weight excluding hydrogens is 320 g/mol. The number of carbonyl (C=O) groups excluding carboxylic acids is 1. The molecule has 0 spiro atoms. The number of benzene rings is 1. The van der Waals surface area contributed by atoms with Crippen LogP contribution in [0.1, 0.15) is 20.3 Å². The van der Waals surface area contributed by atoms with Gasteiger partial charge in [0.25, 0.3) is 0 Å². The van der Waals surface area contributed by atoms with E-state index in [1.807, 2.05) is 44.2 Å². The van der Waals surface area contributed by atoms with E-state index >= 15 is 0 Å². The number of carbonyl (C=O) groups is 1. The SMILES string of the molecule is CC(C)=CCO[C@@H]1COCC[C@H]1NC(=O)Cn1nc2ccccc2n1. The summed E-state index contributed by atoms with van der Waals surface area (Å²) in [5.74, 6) is -0.122. The minimum absolute atomic E-state index is 0.0585. The van der Waals surface area contributed by atoms with E-state index in [4.69, 9.17) is 9.47 Å². The normalized spacial score (nSPS) is 20.4. The van der Waals surface area contributed by atoms with Gasteiger partial charge in [-0.25, -0.2) is 0 Å². The first kappa shape index (κ1) is 17.6. The fourth-order valence-corrected chi connectivity index (χ4v) is 2.74. The molecule has 1 amide bonds. The molecule has 1 aliphatic rings. The number of fused-ring (bicyclic) bond motifs is 1. The number of amides is 1. The molecule has 0 unspecified atom stereocenters. The molecule has 1 aromatic heterocycles. The summed E-state index contributed by atoms with van der Waals surface area (Å²) in [4.78, 5) is 13.8. The first-order chi connectivity index (χ1) is 12.1. The molecule has 2 atom stereocenters. The van der Waals surface area contributed by atoms with Crippen LogP contribution < -0.4 is 5.32 Å². The van der Waals surface area contributed by atoms with Crippen LogP contribution in [0, 0.1) is 0 Å². The van der Waals surface area contributed by atoms with Crippen molar-refractivity contribution in [2.75, 3.05) is 19.8 Å². The van der Waals surface area contributed by atoms with Gasteiger partial charge in [-0.3, -0.25) is 4.79 Å². The fraction of sp³-hybridized carbons (Fsp3) is 0.500. The highest BCUT2D eigenvalue weighted by Crippen LogP contribution is 2.12. The molecule has 0 saturated carbocycles. The summed E-state index contributed by atoms with van der Waals surface area (Å²) in [6.07, 6.45) is 2.62. The number of allylic oxidation sites excluding steroid dienone is 1. The molecule has 25 heavy (non-hydrogen) atoms. The lowest BCUT2D eigenvalue weighted by Gasteiger charge is -2.31. The van der Waals surface area contributed by atoms with Crippen molar-refractivity contribution in [3.8, 4) is 0 Å². The van der Waals surface area contributed by atoms with Gasteiger partial charge in [0.2, 0.25) is 5.91 Å². The smallest absolute Gasteiger partial charge is 0.243 e. The third-order valence-corrected chi connectivity index (χ3v) is 4.07. The van der Waals surface area contributed by atoms with Crippen molar-refractivity contribution in [3.05, 3.63) is 35.9 Å². The summed E-state index contributed by atoms with van der Waals surface area (Å²) in [5, 5.41) is 11.7. The first-order valence-electron chi connectivity index (χ1n) is 8.54. The van der Waals surface area contributed by atoms with Crippen molar-refractivity contribution in [2.24, 2.45) is 0 Å². The molecule has 0 radical (unpaired) electrons. The zero-order chi connectivity index (χ0) is 17.6. The molecule has 1 N–H and O–H groups in total. The summed E-state index contributed by atoms with van der Waals surface area (Å²) in [6, 6.07) is 7.50. The zero-order valence-corrected chi connectivity index (χ0v) is 14.6. The van der Waals surface area contributed by atoms with E-state index in [0.717, 1.165) is 17.5 Å². The summed E-state index contributed by atoms with van der Waals surface area (Å²) in [7, 11) is 0. The van der Waals surface area contributed by atoms with Crippen LogP contribution in [0.25, 0.3) is 11.0 Å². The third-order valence-electron chi connectivity index (χ3n) is 4.07. The van der Waals surface area contributed by atoms with E-state index < -0.39 is 0 Å². The average molecular weight is 344 g/mol. The first-order valence-corrected chi connectivity index (χ1v) is 8.54. The van der Waals surface area contributed by atoms with Crippen LogP contribution in [0.5, 0.6) is 0 Å². The van der Waals surface area contributed by atoms with Gasteiger partial charge in [-0.15, -0.1) is 0 Å². The minimum atomic E-state index is -0.141. The lowest BCUT2D eigenvalue weighted by Crippen LogP contribution is -2.50. The number of nitrogens with zero attached hydrogens (tertiary/aromatic N) is 3. The van der Waals surface area contributed by atoms with Crippen molar-refractivity contribution in [3.63, 3.8) is 0 Å². The van der Waals surface area contributed by atoms with Gasteiger partial charge in [0.05, 0.1) is 19.3 Å². The van der Waals surface area contributed by atoms with Crippen LogP contribution in [0.15, 0.2) is 35.9 Å². The highest BCUT2D eigenvalue weighted by atomic mass is 16.5.